The quantitative estimate of drug-likeness (QED) is 0.875. The van der Waals surface area contributed by atoms with Crippen molar-refractivity contribution < 1.29 is 0 Å². The summed E-state index contributed by atoms with van der Waals surface area (Å²) in [6.45, 7) is 1.03. The maximum Gasteiger partial charge on any atom is 0.146 e. The maximum absolute atomic E-state index is 5.98. The maximum atomic E-state index is 5.98. The number of hydrogen-bond donors (Lipinski definition) is 1. The monoisotopic (exact) mass is 240 g/mol. The predicted octanol–water partition coefficient (Wildman–Crippen LogP) is 2.40. The van der Waals surface area contributed by atoms with Gasteiger partial charge in [0.05, 0.1) is 11.7 Å². The molecule has 0 amide bonds. The lowest BCUT2D eigenvalue weighted by atomic mass is 10.1. The minimum atomic E-state index is 0.388. The summed E-state index contributed by atoms with van der Waals surface area (Å²) in [7, 11) is 0. The second-order valence-corrected chi connectivity index (χ2v) is 4.54. The topological polar surface area (TPSA) is 55.0 Å². The summed E-state index contributed by atoms with van der Waals surface area (Å²) in [5.41, 5.74) is 8.31. The predicted molar refractivity (Wildman–Crippen MR) is 72.2 cm³/mol. The van der Waals surface area contributed by atoms with Crippen molar-refractivity contribution in [2.45, 2.75) is 18.9 Å². The van der Waals surface area contributed by atoms with Crippen molar-refractivity contribution in [2.24, 2.45) is 0 Å². The molecule has 92 valence electrons. The van der Waals surface area contributed by atoms with E-state index in [0.29, 0.717) is 11.9 Å². The minimum absolute atomic E-state index is 0.388. The number of pyridine rings is 2. The Kier molecular flexibility index (Phi) is 2.84. The van der Waals surface area contributed by atoms with Crippen molar-refractivity contribution in [3.8, 4) is 0 Å². The Bertz CT molecular complexity index is 526. The van der Waals surface area contributed by atoms with Crippen LogP contribution in [0.5, 0.6) is 0 Å². The molecule has 4 heteroatoms. The summed E-state index contributed by atoms with van der Waals surface area (Å²) >= 11 is 0. The number of nitrogen functional groups attached to an aromatic ring is 1. The van der Waals surface area contributed by atoms with Crippen LogP contribution < -0.4 is 10.6 Å². The highest BCUT2D eigenvalue weighted by atomic mass is 15.2. The van der Waals surface area contributed by atoms with Gasteiger partial charge in [-0.05, 0) is 42.7 Å². The van der Waals surface area contributed by atoms with Gasteiger partial charge in [0, 0.05) is 25.1 Å². The van der Waals surface area contributed by atoms with Crippen molar-refractivity contribution in [1.29, 1.82) is 0 Å². The van der Waals surface area contributed by atoms with Gasteiger partial charge in [-0.3, -0.25) is 4.98 Å². The number of hydrogen-bond acceptors (Lipinski definition) is 4. The largest absolute Gasteiger partial charge is 0.382 e. The van der Waals surface area contributed by atoms with Gasteiger partial charge < -0.3 is 10.6 Å². The van der Waals surface area contributed by atoms with Gasteiger partial charge in [-0.2, -0.15) is 0 Å². The molecule has 3 rings (SSSR count). The zero-order chi connectivity index (χ0) is 12.4. The molecule has 18 heavy (non-hydrogen) atoms. The van der Waals surface area contributed by atoms with Gasteiger partial charge in [0.1, 0.15) is 5.82 Å². The molecule has 2 aromatic heterocycles. The van der Waals surface area contributed by atoms with E-state index in [4.69, 9.17) is 5.73 Å². The van der Waals surface area contributed by atoms with Gasteiger partial charge in [-0.1, -0.05) is 0 Å². The second kappa shape index (κ2) is 4.64. The number of nitrogens with zero attached hydrogens (tertiary/aromatic N) is 3. The molecular formula is C14H16N4. The van der Waals surface area contributed by atoms with Crippen LogP contribution in [-0.2, 0) is 0 Å². The van der Waals surface area contributed by atoms with Gasteiger partial charge >= 0.3 is 0 Å². The van der Waals surface area contributed by atoms with Crippen molar-refractivity contribution in [1.82, 2.24) is 9.97 Å². The van der Waals surface area contributed by atoms with Crippen LogP contribution in [0.4, 0.5) is 11.5 Å². The third kappa shape index (κ3) is 1.90. The molecule has 1 atom stereocenters. The van der Waals surface area contributed by atoms with E-state index >= 15 is 0 Å². The molecule has 1 saturated heterocycles. The summed E-state index contributed by atoms with van der Waals surface area (Å²) in [5, 5.41) is 0. The fourth-order valence-corrected chi connectivity index (χ4v) is 2.64. The summed E-state index contributed by atoms with van der Waals surface area (Å²) in [4.78, 5) is 10.6. The third-order valence-electron chi connectivity index (χ3n) is 3.47. The summed E-state index contributed by atoms with van der Waals surface area (Å²) < 4.78 is 0. The Labute approximate surface area is 106 Å². The van der Waals surface area contributed by atoms with Crippen LogP contribution in [0.1, 0.15) is 24.4 Å². The van der Waals surface area contributed by atoms with E-state index in [0.717, 1.165) is 18.7 Å². The third-order valence-corrected chi connectivity index (χ3v) is 3.47. The average Bonchev–Trinajstić information content (AvgIpc) is 2.89. The van der Waals surface area contributed by atoms with E-state index in [-0.39, 0.29) is 0 Å². The lowest BCUT2D eigenvalue weighted by Gasteiger charge is -2.27. The van der Waals surface area contributed by atoms with E-state index in [9.17, 15) is 0 Å². The van der Waals surface area contributed by atoms with Crippen LogP contribution in [-0.4, -0.2) is 16.5 Å². The summed E-state index contributed by atoms with van der Waals surface area (Å²) in [6, 6.07) is 8.53. The molecule has 1 aliphatic heterocycles. The first-order valence-electron chi connectivity index (χ1n) is 6.23. The number of anilines is 2. The molecule has 0 spiro atoms. The van der Waals surface area contributed by atoms with E-state index in [1.54, 1.807) is 6.20 Å². The standard InChI is InChI=1S/C14H16N4/c15-14-13(3-1-7-17-14)18-10-2-4-12(18)11-5-8-16-9-6-11/h1,3,5-9,12H,2,4,10H2,(H2,15,17). The molecular weight excluding hydrogens is 224 g/mol. The van der Waals surface area contributed by atoms with Gasteiger partial charge in [0.2, 0.25) is 0 Å². The lowest BCUT2D eigenvalue weighted by molar-refractivity contribution is 0.717. The average molecular weight is 240 g/mol. The first-order valence-corrected chi connectivity index (χ1v) is 6.23. The Hall–Kier alpha value is -2.10. The van der Waals surface area contributed by atoms with E-state index in [2.05, 4.69) is 27.0 Å². The molecule has 1 aliphatic rings. The molecule has 0 aliphatic carbocycles. The van der Waals surface area contributed by atoms with Crippen LogP contribution in [0.3, 0.4) is 0 Å². The molecule has 1 fully saturated rings. The molecule has 2 aromatic rings. The number of aromatic nitrogens is 2. The van der Waals surface area contributed by atoms with Crippen molar-refractivity contribution >= 4 is 11.5 Å². The van der Waals surface area contributed by atoms with Crippen LogP contribution in [0.15, 0.2) is 42.9 Å². The zero-order valence-electron chi connectivity index (χ0n) is 10.2. The fraction of sp³-hybridized carbons (Fsp3) is 0.286. The highest BCUT2D eigenvalue weighted by molar-refractivity contribution is 5.64. The molecule has 3 heterocycles. The van der Waals surface area contributed by atoms with E-state index in [1.165, 1.54) is 12.0 Å². The van der Waals surface area contributed by atoms with Crippen molar-refractivity contribution in [2.75, 3.05) is 17.2 Å². The van der Waals surface area contributed by atoms with Gasteiger partial charge in [0.15, 0.2) is 0 Å². The highest BCUT2D eigenvalue weighted by Gasteiger charge is 2.27. The van der Waals surface area contributed by atoms with Gasteiger partial charge in [0.25, 0.3) is 0 Å². The highest BCUT2D eigenvalue weighted by Crippen LogP contribution is 2.37. The SMILES string of the molecule is Nc1ncccc1N1CCCC1c1ccncc1. The van der Waals surface area contributed by atoms with Crippen molar-refractivity contribution in [3.63, 3.8) is 0 Å². The number of rotatable bonds is 2. The van der Waals surface area contributed by atoms with Gasteiger partial charge in [-0.25, -0.2) is 4.98 Å². The van der Waals surface area contributed by atoms with Crippen LogP contribution >= 0.6 is 0 Å². The molecule has 0 saturated carbocycles. The molecule has 4 nitrogen and oxygen atoms in total. The Morgan fingerprint density at radius 3 is 2.78 bits per heavy atom. The van der Waals surface area contributed by atoms with E-state index in [1.807, 2.05) is 24.5 Å². The smallest absolute Gasteiger partial charge is 0.146 e. The summed E-state index contributed by atoms with van der Waals surface area (Å²) in [6.07, 6.45) is 7.76. The lowest BCUT2D eigenvalue weighted by Crippen LogP contribution is -2.23. The van der Waals surface area contributed by atoms with E-state index < -0.39 is 0 Å². The van der Waals surface area contributed by atoms with Gasteiger partial charge in [-0.15, -0.1) is 0 Å². The van der Waals surface area contributed by atoms with Crippen LogP contribution in [0, 0.1) is 0 Å². The van der Waals surface area contributed by atoms with Crippen molar-refractivity contribution in [3.05, 3.63) is 48.4 Å². The zero-order valence-corrected chi connectivity index (χ0v) is 10.2. The van der Waals surface area contributed by atoms with Crippen LogP contribution in [0.2, 0.25) is 0 Å². The first kappa shape index (κ1) is 11.0. The van der Waals surface area contributed by atoms with Crippen LogP contribution in [0.25, 0.3) is 0 Å². The Morgan fingerprint density at radius 1 is 1.17 bits per heavy atom. The fourth-order valence-electron chi connectivity index (χ4n) is 2.64. The minimum Gasteiger partial charge on any atom is -0.382 e. The molecule has 0 radical (unpaired) electrons. The molecule has 0 aromatic carbocycles. The Morgan fingerprint density at radius 2 is 2.00 bits per heavy atom. The normalized spacial score (nSPS) is 19.1. The molecule has 2 N–H and O–H groups in total. The molecule has 0 bridgehead atoms. The number of nitrogens with two attached hydrogens (primary N) is 1. The molecule has 1 unspecified atom stereocenters. The summed E-state index contributed by atoms with van der Waals surface area (Å²) in [5.74, 6) is 0.610. The Balaban J connectivity index is 1.95. The first-order chi connectivity index (χ1) is 8.86. The second-order valence-electron chi connectivity index (χ2n) is 4.54.